The van der Waals surface area contributed by atoms with Crippen molar-refractivity contribution in [2.24, 2.45) is 5.73 Å². The Morgan fingerprint density at radius 3 is 2.79 bits per heavy atom. The predicted octanol–water partition coefficient (Wildman–Crippen LogP) is 2.06. The van der Waals surface area contributed by atoms with E-state index in [1.807, 2.05) is 0 Å². The Morgan fingerprint density at radius 1 is 1.64 bits per heavy atom. The molecule has 0 aliphatic carbocycles. The van der Waals surface area contributed by atoms with Crippen molar-refractivity contribution in [1.29, 1.82) is 0 Å². The van der Waals surface area contributed by atoms with Gasteiger partial charge in [-0.05, 0) is 33.6 Å². The van der Waals surface area contributed by atoms with Gasteiger partial charge in [0.15, 0.2) is 0 Å². The van der Waals surface area contributed by atoms with Crippen molar-refractivity contribution in [2.45, 2.75) is 12.5 Å². The number of nitrogens with two attached hydrogens (primary N) is 1. The Kier molecular flexibility index (Phi) is 3.60. The summed E-state index contributed by atoms with van der Waals surface area (Å²) >= 11 is 3.00. The molecule has 1 unspecified atom stereocenters. The second-order valence-corrected chi connectivity index (χ2v) is 3.73. The maximum absolute atomic E-state index is 12.8. The normalized spacial score (nSPS) is 12.5. The molecule has 0 aromatic heterocycles. The summed E-state index contributed by atoms with van der Waals surface area (Å²) in [5.74, 6) is -1.37. The number of hydrogen-bond donors (Lipinski definition) is 2. The fourth-order valence-electron chi connectivity index (χ4n) is 1.05. The number of halogens is 2. The molecule has 14 heavy (non-hydrogen) atoms. The summed E-state index contributed by atoms with van der Waals surface area (Å²) in [6.45, 7) is 0. The molecule has 5 heteroatoms. The summed E-state index contributed by atoms with van der Waals surface area (Å²) < 4.78 is 13.1. The van der Waals surface area contributed by atoms with Gasteiger partial charge in [0.1, 0.15) is 5.82 Å². The van der Waals surface area contributed by atoms with Gasteiger partial charge in [0, 0.05) is 6.04 Å². The quantitative estimate of drug-likeness (QED) is 0.876. The van der Waals surface area contributed by atoms with Gasteiger partial charge in [0.05, 0.1) is 10.9 Å². The van der Waals surface area contributed by atoms with E-state index in [9.17, 15) is 9.18 Å². The lowest BCUT2D eigenvalue weighted by Gasteiger charge is -2.09. The van der Waals surface area contributed by atoms with Crippen LogP contribution in [0.1, 0.15) is 18.0 Å². The molecule has 0 aliphatic heterocycles. The molecular weight excluding hydrogens is 253 g/mol. The molecule has 76 valence electrons. The van der Waals surface area contributed by atoms with Crippen LogP contribution in [0.15, 0.2) is 22.7 Å². The Bertz CT molecular complexity index is 357. The lowest BCUT2D eigenvalue weighted by molar-refractivity contribution is -0.137. The molecule has 0 bridgehead atoms. The number of carboxylic acids is 1. The molecule has 0 aliphatic rings. The zero-order valence-electron chi connectivity index (χ0n) is 7.21. The highest BCUT2D eigenvalue weighted by Gasteiger charge is 2.11. The van der Waals surface area contributed by atoms with Gasteiger partial charge >= 0.3 is 5.97 Å². The largest absolute Gasteiger partial charge is 0.481 e. The number of benzene rings is 1. The third-order valence-corrected chi connectivity index (χ3v) is 2.37. The second kappa shape index (κ2) is 4.52. The molecule has 0 heterocycles. The van der Waals surface area contributed by atoms with Crippen LogP contribution in [0, 0.1) is 5.82 Å². The standard InChI is InChI=1S/C9H9BrFNO2/c10-6-3-5(1-2-7(6)11)8(12)4-9(13)14/h1-3,8H,4,12H2,(H,13,14). The molecule has 0 saturated carbocycles. The summed E-state index contributed by atoms with van der Waals surface area (Å²) in [4.78, 5) is 10.4. The topological polar surface area (TPSA) is 63.3 Å². The summed E-state index contributed by atoms with van der Waals surface area (Å²) in [7, 11) is 0. The van der Waals surface area contributed by atoms with Crippen molar-refractivity contribution >= 4 is 21.9 Å². The molecule has 1 rings (SSSR count). The number of aliphatic carboxylic acids is 1. The molecule has 0 fully saturated rings. The van der Waals surface area contributed by atoms with Crippen molar-refractivity contribution in [3.8, 4) is 0 Å². The minimum Gasteiger partial charge on any atom is -0.481 e. The lowest BCUT2D eigenvalue weighted by Crippen LogP contribution is -2.14. The van der Waals surface area contributed by atoms with Crippen molar-refractivity contribution in [3.05, 3.63) is 34.1 Å². The number of carbonyl (C=O) groups is 1. The van der Waals surface area contributed by atoms with Crippen LogP contribution in [0.2, 0.25) is 0 Å². The predicted molar refractivity (Wildman–Crippen MR) is 53.3 cm³/mol. The van der Waals surface area contributed by atoms with Gasteiger partial charge in [-0.3, -0.25) is 4.79 Å². The maximum atomic E-state index is 12.8. The summed E-state index contributed by atoms with van der Waals surface area (Å²) in [5, 5.41) is 8.50. The van der Waals surface area contributed by atoms with E-state index in [-0.39, 0.29) is 10.9 Å². The molecule has 0 spiro atoms. The van der Waals surface area contributed by atoms with Gasteiger partial charge < -0.3 is 10.8 Å². The molecular formula is C9H9BrFNO2. The third-order valence-electron chi connectivity index (χ3n) is 1.77. The molecule has 0 radical (unpaired) electrons. The molecule has 3 nitrogen and oxygen atoms in total. The Morgan fingerprint density at radius 2 is 2.29 bits per heavy atom. The van der Waals surface area contributed by atoms with E-state index in [4.69, 9.17) is 10.8 Å². The molecule has 1 aromatic rings. The van der Waals surface area contributed by atoms with Crippen molar-refractivity contribution < 1.29 is 14.3 Å². The average molecular weight is 262 g/mol. The Labute approximate surface area is 88.9 Å². The third kappa shape index (κ3) is 2.78. The van der Waals surface area contributed by atoms with Crippen LogP contribution in [0.3, 0.4) is 0 Å². The van der Waals surface area contributed by atoms with Crippen LogP contribution in [0.25, 0.3) is 0 Å². The highest BCUT2D eigenvalue weighted by Crippen LogP contribution is 2.21. The molecule has 0 amide bonds. The SMILES string of the molecule is NC(CC(=O)O)c1ccc(F)c(Br)c1. The van der Waals surface area contributed by atoms with E-state index in [1.54, 1.807) is 0 Å². The zero-order valence-corrected chi connectivity index (χ0v) is 8.79. The maximum Gasteiger partial charge on any atom is 0.305 e. The van der Waals surface area contributed by atoms with Gasteiger partial charge in [-0.2, -0.15) is 0 Å². The number of carboxylic acid groups (broad SMARTS) is 1. The second-order valence-electron chi connectivity index (χ2n) is 2.88. The first-order valence-corrected chi connectivity index (χ1v) is 4.72. The van der Waals surface area contributed by atoms with Gasteiger partial charge in [0.25, 0.3) is 0 Å². The molecule has 1 aromatic carbocycles. The smallest absolute Gasteiger partial charge is 0.305 e. The number of hydrogen-bond acceptors (Lipinski definition) is 2. The Hall–Kier alpha value is -0.940. The van der Waals surface area contributed by atoms with E-state index in [2.05, 4.69) is 15.9 Å². The van der Waals surface area contributed by atoms with Gasteiger partial charge in [-0.25, -0.2) is 4.39 Å². The van der Waals surface area contributed by atoms with Crippen LogP contribution >= 0.6 is 15.9 Å². The van der Waals surface area contributed by atoms with Gasteiger partial charge in [0.2, 0.25) is 0 Å². The minimum atomic E-state index is -0.974. The zero-order chi connectivity index (χ0) is 10.7. The van der Waals surface area contributed by atoms with Crippen LogP contribution in [-0.4, -0.2) is 11.1 Å². The molecule has 0 saturated heterocycles. The Balaban J connectivity index is 2.85. The first-order chi connectivity index (χ1) is 6.50. The van der Waals surface area contributed by atoms with Crippen LogP contribution in [0.5, 0.6) is 0 Å². The van der Waals surface area contributed by atoms with Crippen LogP contribution in [0.4, 0.5) is 4.39 Å². The van der Waals surface area contributed by atoms with E-state index in [0.29, 0.717) is 5.56 Å². The summed E-state index contributed by atoms with van der Waals surface area (Å²) in [5.41, 5.74) is 6.19. The van der Waals surface area contributed by atoms with Crippen LogP contribution < -0.4 is 5.73 Å². The highest BCUT2D eigenvalue weighted by atomic mass is 79.9. The molecule has 3 N–H and O–H groups in total. The average Bonchev–Trinajstić information content (AvgIpc) is 2.08. The first kappa shape index (κ1) is 11.1. The lowest BCUT2D eigenvalue weighted by atomic mass is 10.1. The summed E-state index contributed by atoms with van der Waals surface area (Å²) in [6.07, 6.45) is -0.169. The van der Waals surface area contributed by atoms with E-state index < -0.39 is 17.8 Å². The molecule has 1 atom stereocenters. The van der Waals surface area contributed by atoms with Crippen LogP contribution in [-0.2, 0) is 4.79 Å². The van der Waals surface area contributed by atoms with Gasteiger partial charge in [-0.1, -0.05) is 6.07 Å². The van der Waals surface area contributed by atoms with E-state index >= 15 is 0 Å². The summed E-state index contributed by atoms with van der Waals surface area (Å²) in [6, 6.07) is 3.61. The first-order valence-electron chi connectivity index (χ1n) is 3.93. The minimum absolute atomic E-state index is 0.169. The highest BCUT2D eigenvalue weighted by molar-refractivity contribution is 9.10. The van der Waals surface area contributed by atoms with Crippen molar-refractivity contribution in [2.75, 3.05) is 0 Å². The van der Waals surface area contributed by atoms with E-state index in [0.717, 1.165) is 0 Å². The monoisotopic (exact) mass is 261 g/mol. The van der Waals surface area contributed by atoms with E-state index in [1.165, 1.54) is 18.2 Å². The fraction of sp³-hybridized carbons (Fsp3) is 0.222. The van der Waals surface area contributed by atoms with Gasteiger partial charge in [-0.15, -0.1) is 0 Å². The number of rotatable bonds is 3. The fourth-order valence-corrected chi connectivity index (χ4v) is 1.45. The van der Waals surface area contributed by atoms with Crippen molar-refractivity contribution in [1.82, 2.24) is 0 Å². The van der Waals surface area contributed by atoms with Crippen molar-refractivity contribution in [3.63, 3.8) is 0 Å².